The van der Waals surface area contributed by atoms with Crippen molar-refractivity contribution in [2.45, 2.75) is 38.6 Å². The Morgan fingerprint density at radius 1 is 1.14 bits per heavy atom. The summed E-state index contributed by atoms with van der Waals surface area (Å²) in [7, 11) is 0. The first-order valence-corrected chi connectivity index (χ1v) is 8.67. The number of carbonyl (C=O) groups is 1. The lowest BCUT2D eigenvalue weighted by molar-refractivity contribution is -0.138. The summed E-state index contributed by atoms with van der Waals surface area (Å²) in [6.45, 7) is 4.99. The summed E-state index contributed by atoms with van der Waals surface area (Å²) >= 11 is 0. The molecule has 4 rings (SSSR count). The average Bonchev–Trinajstić information content (AvgIpc) is 3.32. The summed E-state index contributed by atoms with van der Waals surface area (Å²) < 4.78 is 0. The third-order valence-electron chi connectivity index (χ3n) is 5.70. The zero-order valence-corrected chi connectivity index (χ0v) is 13.2. The lowest BCUT2D eigenvalue weighted by Gasteiger charge is -2.37. The van der Waals surface area contributed by atoms with E-state index in [1.54, 1.807) is 0 Å². The predicted molar refractivity (Wildman–Crippen MR) is 85.1 cm³/mol. The summed E-state index contributed by atoms with van der Waals surface area (Å²) in [5, 5.41) is 0. The molecule has 1 aromatic rings. The Hall–Kier alpha value is -1.42. The van der Waals surface area contributed by atoms with Crippen LogP contribution in [-0.2, 0) is 11.3 Å². The number of aromatic nitrogens is 1. The van der Waals surface area contributed by atoms with Crippen LogP contribution >= 0.6 is 0 Å². The molecule has 1 spiro atoms. The first-order valence-electron chi connectivity index (χ1n) is 8.67. The zero-order chi connectivity index (χ0) is 15.0. The lowest BCUT2D eigenvalue weighted by Crippen LogP contribution is -2.44. The summed E-state index contributed by atoms with van der Waals surface area (Å²) in [4.78, 5) is 21.8. The molecular formula is C18H25N3O. The highest BCUT2D eigenvalue weighted by Gasteiger charge is 2.48. The number of hydrogen-bond donors (Lipinski definition) is 0. The minimum Gasteiger partial charge on any atom is -0.342 e. The number of carbonyl (C=O) groups excluding carboxylic acids is 1. The van der Waals surface area contributed by atoms with Gasteiger partial charge in [-0.05, 0) is 63.2 Å². The first-order chi connectivity index (χ1) is 10.8. The van der Waals surface area contributed by atoms with Crippen molar-refractivity contribution in [3.63, 3.8) is 0 Å². The van der Waals surface area contributed by atoms with E-state index in [1.165, 1.54) is 12.8 Å². The SMILES string of the molecule is O=C1N(CC2CC2)CCC12CCN(Cc1ccccn1)CC2. The van der Waals surface area contributed by atoms with E-state index in [4.69, 9.17) is 0 Å². The fraction of sp³-hybridized carbons (Fsp3) is 0.667. The fourth-order valence-corrected chi connectivity index (χ4v) is 4.00. The van der Waals surface area contributed by atoms with Gasteiger partial charge in [-0.15, -0.1) is 0 Å². The number of hydrogen-bond acceptors (Lipinski definition) is 3. The van der Waals surface area contributed by atoms with Gasteiger partial charge in [0.25, 0.3) is 0 Å². The van der Waals surface area contributed by atoms with Crippen molar-refractivity contribution >= 4 is 5.91 Å². The van der Waals surface area contributed by atoms with E-state index >= 15 is 0 Å². The van der Waals surface area contributed by atoms with Crippen molar-refractivity contribution in [3.05, 3.63) is 30.1 Å². The quantitative estimate of drug-likeness (QED) is 0.856. The highest BCUT2D eigenvalue weighted by atomic mass is 16.2. The second-order valence-electron chi connectivity index (χ2n) is 7.32. The number of amides is 1. The van der Waals surface area contributed by atoms with Crippen molar-refractivity contribution < 1.29 is 4.79 Å². The van der Waals surface area contributed by atoms with Crippen LogP contribution in [0.25, 0.3) is 0 Å². The maximum atomic E-state index is 12.8. The van der Waals surface area contributed by atoms with Crippen LogP contribution in [0.1, 0.15) is 37.8 Å². The molecule has 0 atom stereocenters. The van der Waals surface area contributed by atoms with Crippen LogP contribution < -0.4 is 0 Å². The van der Waals surface area contributed by atoms with Crippen LogP contribution in [0.3, 0.4) is 0 Å². The van der Waals surface area contributed by atoms with Gasteiger partial charge in [0.2, 0.25) is 5.91 Å². The van der Waals surface area contributed by atoms with Gasteiger partial charge in [-0.2, -0.15) is 0 Å². The standard InChI is InChI=1S/C18H25N3O/c22-17-18(8-12-21(17)13-15-4-5-15)6-10-20(11-7-18)14-16-3-1-2-9-19-16/h1-3,9,15H,4-8,10-14H2. The van der Waals surface area contributed by atoms with E-state index in [1.807, 2.05) is 18.3 Å². The number of likely N-dealkylation sites (tertiary alicyclic amines) is 2. The van der Waals surface area contributed by atoms with Crippen molar-refractivity contribution in [2.75, 3.05) is 26.2 Å². The van der Waals surface area contributed by atoms with E-state index in [2.05, 4.69) is 20.9 Å². The Bertz CT molecular complexity index is 533. The third kappa shape index (κ3) is 2.76. The molecule has 3 fully saturated rings. The van der Waals surface area contributed by atoms with Gasteiger partial charge >= 0.3 is 0 Å². The number of piperidine rings is 1. The lowest BCUT2D eigenvalue weighted by atomic mass is 9.77. The Labute approximate surface area is 132 Å². The number of rotatable bonds is 4. The maximum absolute atomic E-state index is 12.8. The van der Waals surface area contributed by atoms with Gasteiger partial charge in [-0.25, -0.2) is 0 Å². The van der Waals surface area contributed by atoms with Crippen LogP contribution in [-0.4, -0.2) is 46.9 Å². The second kappa shape index (κ2) is 5.65. The van der Waals surface area contributed by atoms with Crippen molar-refractivity contribution in [1.82, 2.24) is 14.8 Å². The molecule has 3 aliphatic rings. The van der Waals surface area contributed by atoms with Crippen LogP contribution in [0.5, 0.6) is 0 Å². The van der Waals surface area contributed by atoms with Gasteiger partial charge in [-0.1, -0.05) is 6.07 Å². The first kappa shape index (κ1) is 14.2. The van der Waals surface area contributed by atoms with E-state index in [0.717, 1.165) is 63.6 Å². The molecule has 1 aromatic heterocycles. The smallest absolute Gasteiger partial charge is 0.228 e. The topological polar surface area (TPSA) is 36.4 Å². The third-order valence-corrected chi connectivity index (χ3v) is 5.70. The molecule has 1 saturated carbocycles. The van der Waals surface area contributed by atoms with Crippen LogP contribution in [0.4, 0.5) is 0 Å². The van der Waals surface area contributed by atoms with Crippen molar-refractivity contribution in [3.8, 4) is 0 Å². The van der Waals surface area contributed by atoms with Crippen LogP contribution in [0.2, 0.25) is 0 Å². The second-order valence-corrected chi connectivity index (χ2v) is 7.32. The minimum atomic E-state index is -0.0322. The molecule has 0 bridgehead atoms. The molecular weight excluding hydrogens is 274 g/mol. The van der Waals surface area contributed by atoms with Gasteiger partial charge in [0.05, 0.1) is 11.1 Å². The summed E-state index contributed by atoms with van der Waals surface area (Å²) in [5.41, 5.74) is 1.10. The maximum Gasteiger partial charge on any atom is 0.228 e. The highest BCUT2D eigenvalue weighted by molar-refractivity contribution is 5.85. The molecule has 3 heterocycles. The van der Waals surface area contributed by atoms with Gasteiger partial charge in [0, 0.05) is 25.8 Å². The molecule has 4 nitrogen and oxygen atoms in total. The minimum absolute atomic E-state index is 0.0322. The van der Waals surface area contributed by atoms with Crippen LogP contribution in [0.15, 0.2) is 24.4 Å². The molecule has 2 saturated heterocycles. The van der Waals surface area contributed by atoms with E-state index in [0.29, 0.717) is 5.91 Å². The van der Waals surface area contributed by atoms with Crippen LogP contribution in [0, 0.1) is 11.3 Å². The molecule has 1 aliphatic carbocycles. The molecule has 4 heteroatoms. The van der Waals surface area contributed by atoms with Crippen molar-refractivity contribution in [2.24, 2.45) is 11.3 Å². The Morgan fingerprint density at radius 3 is 2.59 bits per heavy atom. The van der Waals surface area contributed by atoms with Gasteiger partial charge in [-0.3, -0.25) is 14.7 Å². The van der Waals surface area contributed by atoms with Gasteiger partial charge in [0.15, 0.2) is 0 Å². The Balaban J connectivity index is 1.34. The fourth-order valence-electron chi connectivity index (χ4n) is 4.00. The van der Waals surface area contributed by atoms with E-state index in [-0.39, 0.29) is 5.41 Å². The highest BCUT2D eigenvalue weighted by Crippen LogP contribution is 2.43. The Morgan fingerprint density at radius 2 is 1.91 bits per heavy atom. The molecule has 118 valence electrons. The number of nitrogens with zero attached hydrogens (tertiary/aromatic N) is 3. The van der Waals surface area contributed by atoms with Gasteiger partial charge < -0.3 is 4.90 Å². The normalized spacial score (nSPS) is 25.1. The molecule has 1 amide bonds. The van der Waals surface area contributed by atoms with E-state index in [9.17, 15) is 4.79 Å². The number of pyridine rings is 1. The van der Waals surface area contributed by atoms with E-state index < -0.39 is 0 Å². The molecule has 0 unspecified atom stereocenters. The summed E-state index contributed by atoms with van der Waals surface area (Å²) in [5.74, 6) is 1.26. The Kier molecular flexibility index (Phi) is 3.65. The predicted octanol–water partition coefficient (Wildman–Crippen LogP) is 2.31. The summed E-state index contributed by atoms with van der Waals surface area (Å²) in [6.07, 6.45) is 7.65. The monoisotopic (exact) mass is 299 g/mol. The largest absolute Gasteiger partial charge is 0.342 e. The van der Waals surface area contributed by atoms with Gasteiger partial charge in [0.1, 0.15) is 0 Å². The summed E-state index contributed by atoms with van der Waals surface area (Å²) in [6, 6.07) is 6.09. The zero-order valence-electron chi connectivity index (χ0n) is 13.2. The molecule has 0 N–H and O–H groups in total. The molecule has 2 aliphatic heterocycles. The van der Waals surface area contributed by atoms with Crippen molar-refractivity contribution in [1.29, 1.82) is 0 Å². The molecule has 22 heavy (non-hydrogen) atoms. The molecule has 0 aromatic carbocycles. The molecule has 0 radical (unpaired) electrons. The average molecular weight is 299 g/mol.